The summed E-state index contributed by atoms with van der Waals surface area (Å²) in [6, 6.07) is 8.95. The molecule has 118 valence electrons. The van der Waals surface area contributed by atoms with Gasteiger partial charge in [-0.25, -0.2) is 0 Å². The van der Waals surface area contributed by atoms with Gasteiger partial charge in [0.15, 0.2) is 0 Å². The zero-order valence-corrected chi connectivity index (χ0v) is 14.9. The Labute approximate surface area is 135 Å². The van der Waals surface area contributed by atoms with Gasteiger partial charge >= 0.3 is 0 Å². The van der Waals surface area contributed by atoms with E-state index in [9.17, 15) is 0 Å². The predicted molar refractivity (Wildman–Crippen MR) is 96.5 cm³/mol. The summed E-state index contributed by atoms with van der Waals surface area (Å²) >= 11 is 0. The Morgan fingerprint density at radius 3 is 2.41 bits per heavy atom. The van der Waals surface area contributed by atoms with Crippen LogP contribution in [0.3, 0.4) is 0 Å². The zero-order chi connectivity index (χ0) is 15.2. The molecule has 22 heavy (non-hydrogen) atoms. The number of nitrogens with zero attached hydrogens (tertiary/aromatic N) is 1. The molecule has 1 aliphatic heterocycles. The molecule has 0 spiro atoms. The van der Waals surface area contributed by atoms with Crippen LogP contribution in [-0.4, -0.2) is 39.0 Å². The molecule has 1 saturated carbocycles. The highest BCUT2D eigenvalue weighted by molar-refractivity contribution is 6.76. The molecule has 0 radical (unpaired) electrons. The first-order valence-corrected chi connectivity index (χ1v) is 11.9. The Hall–Kier alpha value is -0.903. The third kappa shape index (κ3) is 2.40. The Kier molecular flexibility index (Phi) is 3.75. The minimum absolute atomic E-state index is 0.784. The Morgan fingerprint density at radius 1 is 1.00 bits per heavy atom. The molecule has 2 nitrogen and oxygen atoms in total. The summed E-state index contributed by atoms with van der Waals surface area (Å²) in [5.74, 6) is 1.57. The van der Waals surface area contributed by atoms with E-state index >= 15 is 0 Å². The lowest BCUT2D eigenvalue weighted by Gasteiger charge is -2.45. The molecule has 1 aromatic rings. The fraction of sp³-hybridized carbons (Fsp3) is 0.579. The van der Waals surface area contributed by atoms with Crippen LogP contribution >= 0.6 is 0 Å². The van der Waals surface area contributed by atoms with Gasteiger partial charge < -0.3 is 9.88 Å². The van der Waals surface area contributed by atoms with E-state index < -0.39 is 8.24 Å². The molecular formula is C19H28N2Si. The van der Waals surface area contributed by atoms with Gasteiger partial charge in [-0.3, -0.25) is 0 Å². The van der Waals surface area contributed by atoms with Gasteiger partial charge in [-0.2, -0.15) is 0 Å². The smallest absolute Gasteiger partial charge is 0.126 e. The van der Waals surface area contributed by atoms with Crippen LogP contribution < -0.4 is 15.8 Å². The summed E-state index contributed by atoms with van der Waals surface area (Å²) in [6.45, 7) is 10.1. The molecule has 1 aromatic carbocycles. The summed E-state index contributed by atoms with van der Waals surface area (Å²) in [6.07, 6.45) is 8.01. The van der Waals surface area contributed by atoms with Crippen molar-refractivity contribution in [1.29, 1.82) is 0 Å². The molecule has 0 aromatic heterocycles. The molecule has 3 atom stereocenters. The van der Waals surface area contributed by atoms with Crippen LogP contribution in [-0.2, 0) is 0 Å². The van der Waals surface area contributed by atoms with Gasteiger partial charge in [-0.05, 0) is 34.2 Å². The number of hydrogen-bond donors (Lipinski definition) is 1. The fourth-order valence-electron chi connectivity index (χ4n) is 5.04. The average Bonchev–Trinajstić information content (AvgIpc) is 2.97. The molecule has 3 aliphatic rings. The molecule has 2 aliphatic carbocycles. The minimum Gasteiger partial charge on any atom is -0.321 e. The van der Waals surface area contributed by atoms with Gasteiger partial charge in [0.1, 0.15) is 8.24 Å². The fourth-order valence-corrected chi connectivity index (χ4v) is 9.05. The third-order valence-corrected chi connectivity index (χ3v) is 10.9. The largest absolute Gasteiger partial charge is 0.321 e. The van der Waals surface area contributed by atoms with E-state index in [4.69, 9.17) is 0 Å². The third-order valence-electron chi connectivity index (χ3n) is 6.37. The van der Waals surface area contributed by atoms with Crippen molar-refractivity contribution < 1.29 is 0 Å². The van der Waals surface area contributed by atoms with Crippen LogP contribution in [0.5, 0.6) is 0 Å². The van der Waals surface area contributed by atoms with Crippen LogP contribution in [0, 0.1) is 11.8 Å². The molecular weight excluding hydrogens is 284 g/mol. The quantitative estimate of drug-likeness (QED) is 0.837. The Balaban J connectivity index is 1.66. The number of benzene rings is 1. The topological polar surface area (TPSA) is 15.3 Å². The average molecular weight is 313 g/mol. The maximum atomic E-state index is 3.51. The minimum atomic E-state index is -1.36. The van der Waals surface area contributed by atoms with Crippen molar-refractivity contribution in [3.05, 3.63) is 34.7 Å². The van der Waals surface area contributed by atoms with Gasteiger partial charge in [0, 0.05) is 26.2 Å². The van der Waals surface area contributed by atoms with E-state index in [2.05, 4.69) is 59.4 Å². The molecule has 1 saturated heterocycles. The van der Waals surface area contributed by atoms with Crippen molar-refractivity contribution in [2.45, 2.75) is 31.5 Å². The van der Waals surface area contributed by atoms with Crippen molar-refractivity contribution >= 4 is 20.4 Å². The maximum Gasteiger partial charge on any atom is 0.126 e. The molecule has 0 amide bonds. The van der Waals surface area contributed by atoms with Crippen LogP contribution in [0.15, 0.2) is 24.3 Å². The van der Waals surface area contributed by atoms with Crippen molar-refractivity contribution in [2.24, 2.45) is 11.8 Å². The molecule has 3 unspecified atom stereocenters. The van der Waals surface area contributed by atoms with Crippen LogP contribution in [0.4, 0.5) is 0 Å². The van der Waals surface area contributed by atoms with Gasteiger partial charge in [0.25, 0.3) is 0 Å². The Morgan fingerprint density at radius 2 is 1.68 bits per heavy atom. The van der Waals surface area contributed by atoms with Gasteiger partial charge in [0.2, 0.25) is 0 Å². The molecule has 0 bridgehead atoms. The lowest BCUT2D eigenvalue weighted by atomic mass is 9.89. The summed E-state index contributed by atoms with van der Waals surface area (Å²) in [5.41, 5.74) is 0.917. The molecule has 3 heteroatoms. The van der Waals surface area contributed by atoms with Crippen LogP contribution in [0.2, 0.25) is 18.6 Å². The van der Waals surface area contributed by atoms with E-state index in [1.807, 2.05) is 0 Å². The van der Waals surface area contributed by atoms with Gasteiger partial charge in [-0.15, -0.1) is 0 Å². The van der Waals surface area contributed by atoms with E-state index in [-0.39, 0.29) is 0 Å². The van der Waals surface area contributed by atoms with Crippen molar-refractivity contribution in [2.75, 3.05) is 26.2 Å². The van der Waals surface area contributed by atoms with Gasteiger partial charge in [-0.1, -0.05) is 55.9 Å². The van der Waals surface area contributed by atoms with Crippen molar-refractivity contribution in [3.8, 4) is 0 Å². The highest BCUT2D eigenvalue weighted by atomic mass is 28.3. The Bertz CT molecular complexity index is 660. The first kappa shape index (κ1) is 14.7. The lowest BCUT2D eigenvalue weighted by molar-refractivity contribution is 0.348. The van der Waals surface area contributed by atoms with E-state index in [1.54, 1.807) is 0 Å². The predicted octanol–water partition coefficient (Wildman–Crippen LogP) is 1.77. The monoisotopic (exact) mass is 312 g/mol. The SMILES string of the molecule is C[Si](C)(C1CCC2C=c3ccccc3=CC21)N1CCNCC1. The number of rotatable bonds is 2. The summed E-state index contributed by atoms with van der Waals surface area (Å²) in [5, 5.41) is 6.45. The maximum absolute atomic E-state index is 3.51. The first-order chi connectivity index (χ1) is 10.7. The van der Waals surface area contributed by atoms with Crippen LogP contribution in [0.1, 0.15) is 12.8 Å². The van der Waals surface area contributed by atoms with E-state index in [0.29, 0.717) is 0 Å². The second kappa shape index (κ2) is 5.62. The number of piperazine rings is 1. The van der Waals surface area contributed by atoms with E-state index in [1.165, 1.54) is 49.5 Å². The van der Waals surface area contributed by atoms with Crippen molar-refractivity contribution in [3.63, 3.8) is 0 Å². The normalized spacial score (nSPS) is 31.8. The van der Waals surface area contributed by atoms with Crippen LogP contribution in [0.25, 0.3) is 12.2 Å². The first-order valence-electron chi connectivity index (χ1n) is 8.91. The second-order valence-electron chi connectivity index (χ2n) is 7.78. The summed E-state index contributed by atoms with van der Waals surface area (Å²) in [7, 11) is -1.36. The number of hydrogen-bond acceptors (Lipinski definition) is 2. The van der Waals surface area contributed by atoms with E-state index in [0.717, 1.165) is 17.4 Å². The standard InChI is InChI=1S/C19H28N2Si/c1-22(2,21-11-9-20-10-12-21)19-8-7-17-13-15-5-3-4-6-16(15)14-18(17)19/h3-6,13-14,17-20H,7-12H2,1-2H3. The highest BCUT2D eigenvalue weighted by Crippen LogP contribution is 2.49. The highest BCUT2D eigenvalue weighted by Gasteiger charge is 2.47. The number of fused-ring (bicyclic) bond motifs is 2. The molecule has 1 heterocycles. The second-order valence-corrected chi connectivity index (χ2v) is 12.5. The lowest BCUT2D eigenvalue weighted by Crippen LogP contribution is -2.59. The van der Waals surface area contributed by atoms with Gasteiger partial charge in [0.05, 0.1) is 0 Å². The zero-order valence-electron chi connectivity index (χ0n) is 13.9. The molecule has 2 fully saturated rings. The number of nitrogens with one attached hydrogen (secondary N) is 1. The summed E-state index contributed by atoms with van der Waals surface area (Å²) < 4.78 is 2.87. The molecule has 1 N–H and O–H groups in total. The molecule has 4 rings (SSSR count). The van der Waals surface area contributed by atoms with Crippen molar-refractivity contribution in [1.82, 2.24) is 9.88 Å². The summed E-state index contributed by atoms with van der Waals surface area (Å²) in [4.78, 5) is 0.